The number of carbonyl (C=O) groups excluding carboxylic acids is 2. The predicted octanol–water partition coefficient (Wildman–Crippen LogP) is 7.05. The summed E-state index contributed by atoms with van der Waals surface area (Å²) >= 11 is 0. The van der Waals surface area contributed by atoms with Gasteiger partial charge in [-0.05, 0) is 38.0 Å². The minimum Gasteiger partial charge on any atom is -0.428 e. The molecule has 5 heteroatoms. The van der Waals surface area contributed by atoms with Gasteiger partial charge in [-0.25, -0.2) is 4.79 Å². The first-order chi connectivity index (χ1) is 14.4. The molecule has 30 heavy (non-hydrogen) atoms. The summed E-state index contributed by atoms with van der Waals surface area (Å²) in [5, 5.41) is 3.04. The molecule has 0 aliphatic heterocycles. The van der Waals surface area contributed by atoms with E-state index in [4.69, 9.17) is 9.47 Å². The molecule has 0 radical (unpaired) electrons. The van der Waals surface area contributed by atoms with Crippen molar-refractivity contribution >= 4 is 12.1 Å². The second-order valence-corrected chi connectivity index (χ2v) is 9.24. The molecule has 1 rings (SSSR count). The number of hydrogen-bond acceptors (Lipinski definition) is 4. The highest BCUT2D eigenvalue weighted by atomic mass is 16.7. The first-order valence-corrected chi connectivity index (χ1v) is 12.2. The van der Waals surface area contributed by atoms with Crippen LogP contribution >= 0.6 is 0 Å². The van der Waals surface area contributed by atoms with Crippen LogP contribution in [-0.2, 0) is 14.3 Å². The Kier molecular flexibility index (Phi) is 13.5. The SMILES string of the molecule is C=C1CC(C)CC(CCC)(NC(=O)OCOC(=O)CCCCCCCCCCC)C1. The molecule has 5 nitrogen and oxygen atoms in total. The van der Waals surface area contributed by atoms with Gasteiger partial charge in [-0.15, -0.1) is 0 Å². The fourth-order valence-corrected chi connectivity index (χ4v) is 4.74. The number of hydrogen-bond donors (Lipinski definition) is 1. The van der Waals surface area contributed by atoms with Gasteiger partial charge in [0.25, 0.3) is 0 Å². The van der Waals surface area contributed by atoms with Crippen LogP contribution in [0.3, 0.4) is 0 Å². The van der Waals surface area contributed by atoms with E-state index in [-0.39, 0.29) is 18.3 Å². The standard InChI is InChI=1S/C25H45NO4/c1-5-7-8-9-10-11-12-13-14-15-23(27)29-20-30-24(28)26-25(16-6-2)18-21(3)17-22(4)19-25/h22H,3,5-20H2,1-2,4H3,(H,26,28). The lowest BCUT2D eigenvalue weighted by atomic mass is 9.72. The first-order valence-electron chi connectivity index (χ1n) is 12.2. The molecule has 1 fully saturated rings. The molecule has 0 saturated heterocycles. The van der Waals surface area contributed by atoms with Crippen molar-refractivity contribution in [2.45, 2.75) is 123 Å². The van der Waals surface area contributed by atoms with E-state index < -0.39 is 6.09 Å². The zero-order chi connectivity index (χ0) is 22.2. The Balaban J connectivity index is 2.15. The van der Waals surface area contributed by atoms with Crippen LogP contribution in [0, 0.1) is 5.92 Å². The first kappa shape index (κ1) is 26.5. The fraction of sp³-hybridized carbons (Fsp3) is 0.840. The number of rotatable bonds is 15. The molecule has 1 amide bonds. The molecule has 1 aliphatic rings. The van der Waals surface area contributed by atoms with Crippen molar-refractivity contribution in [2.75, 3.05) is 6.79 Å². The molecule has 174 valence electrons. The maximum atomic E-state index is 12.3. The van der Waals surface area contributed by atoms with E-state index >= 15 is 0 Å². The zero-order valence-electron chi connectivity index (χ0n) is 19.7. The highest BCUT2D eigenvalue weighted by Gasteiger charge is 2.37. The Morgan fingerprint density at radius 1 is 1.00 bits per heavy atom. The van der Waals surface area contributed by atoms with E-state index in [1.54, 1.807) is 0 Å². The van der Waals surface area contributed by atoms with Crippen molar-refractivity contribution in [2.24, 2.45) is 5.92 Å². The number of esters is 1. The smallest absolute Gasteiger partial charge is 0.410 e. The molecule has 1 N–H and O–H groups in total. The van der Waals surface area contributed by atoms with Crippen LogP contribution in [0.5, 0.6) is 0 Å². The molecule has 0 bridgehead atoms. The van der Waals surface area contributed by atoms with Gasteiger partial charge in [0.05, 0.1) is 0 Å². The minimum atomic E-state index is -0.513. The zero-order valence-corrected chi connectivity index (χ0v) is 19.7. The summed E-state index contributed by atoms with van der Waals surface area (Å²) in [6.45, 7) is 10.4. The average Bonchev–Trinajstić information content (AvgIpc) is 2.65. The number of nitrogens with one attached hydrogen (secondary N) is 1. The van der Waals surface area contributed by atoms with Crippen molar-refractivity contribution in [1.82, 2.24) is 5.32 Å². The number of carbonyl (C=O) groups is 2. The molecule has 2 unspecified atom stereocenters. The molecular formula is C25H45NO4. The Labute approximate surface area is 184 Å². The van der Waals surface area contributed by atoms with E-state index in [2.05, 4.69) is 32.7 Å². The molecule has 0 heterocycles. The van der Waals surface area contributed by atoms with Gasteiger partial charge in [0.2, 0.25) is 6.79 Å². The highest BCUT2D eigenvalue weighted by Crippen LogP contribution is 2.38. The van der Waals surface area contributed by atoms with Gasteiger partial charge >= 0.3 is 12.1 Å². The van der Waals surface area contributed by atoms with E-state index in [1.807, 2.05) is 0 Å². The van der Waals surface area contributed by atoms with Crippen LogP contribution < -0.4 is 5.32 Å². The van der Waals surface area contributed by atoms with Gasteiger partial charge in [-0.3, -0.25) is 4.79 Å². The van der Waals surface area contributed by atoms with E-state index in [9.17, 15) is 9.59 Å². The quantitative estimate of drug-likeness (QED) is 0.133. The summed E-state index contributed by atoms with van der Waals surface area (Å²) in [6.07, 6.45) is 15.3. The van der Waals surface area contributed by atoms with Gasteiger partial charge < -0.3 is 14.8 Å². The summed E-state index contributed by atoms with van der Waals surface area (Å²) in [5.41, 5.74) is 0.885. The van der Waals surface area contributed by atoms with Gasteiger partial charge in [0.1, 0.15) is 0 Å². The average molecular weight is 424 g/mol. The van der Waals surface area contributed by atoms with Crippen molar-refractivity contribution in [3.63, 3.8) is 0 Å². The van der Waals surface area contributed by atoms with Gasteiger partial charge in [0.15, 0.2) is 0 Å². The van der Waals surface area contributed by atoms with Crippen LogP contribution in [0.15, 0.2) is 12.2 Å². The lowest BCUT2D eigenvalue weighted by molar-refractivity contribution is -0.152. The molecule has 0 aromatic carbocycles. The monoisotopic (exact) mass is 423 g/mol. The summed E-state index contributed by atoms with van der Waals surface area (Å²) < 4.78 is 10.2. The summed E-state index contributed by atoms with van der Waals surface area (Å²) in [6, 6.07) is 0. The van der Waals surface area contributed by atoms with Crippen LogP contribution in [0.25, 0.3) is 0 Å². The van der Waals surface area contributed by atoms with Crippen molar-refractivity contribution in [3.8, 4) is 0 Å². The van der Waals surface area contributed by atoms with E-state index in [0.29, 0.717) is 12.3 Å². The number of unbranched alkanes of at least 4 members (excludes halogenated alkanes) is 8. The molecule has 0 aromatic heterocycles. The second kappa shape index (κ2) is 15.3. The molecule has 1 aliphatic carbocycles. The van der Waals surface area contributed by atoms with Gasteiger partial charge in [-0.2, -0.15) is 0 Å². The largest absolute Gasteiger partial charge is 0.428 e. The van der Waals surface area contributed by atoms with Crippen LogP contribution in [0.2, 0.25) is 0 Å². The molecule has 0 spiro atoms. The van der Waals surface area contributed by atoms with Gasteiger partial charge in [0, 0.05) is 12.0 Å². The van der Waals surface area contributed by atoms with Crippen LogP contribution in [0.1, 0.15) is 117 Å². The second-order valence-electron chi connectivity index (χ2n) is 9.24. The summed E-state index contributed by atoms with van der Waals surface area (Å²) in [7, 11) is 0. The molecular weight excluding hydrogens is 378 g/mol. The summed E-state index contributed by atoms with van der Waals surface area (Å²) in [5.74, 6) is 0.195. The third-order valence-corrected chi connectivity index (χ3v) is 5.95. The Morgan fingerprint density at radius 2 is 1.63 bits per heavy atom. The van der Waals surface area contributed by atoms with Crippen molar-refractivity contribution in [1.29, 1.82) is 0 Å². The topological polar surface area (TPSA) is 64.6 Å². The highest BCUT2D eigenvalue weighted by molar-refractivity contribution is 5.70. The third-order valence-electron chi connectivity index (χ3n) is 5.95. The van der Waals surface area contributed by atoms with Crippen molar-refractivity contribution in [3.05, 3.63) is 12.2 Å². The number of ether oxygens (including phenoxy) is 2. The van der Waals surface area contributed by atoms with Gasteiger partial charge in [-0.1, -0.05) is 90.7 Å². The normalized spacial score (nSPS) is 21.3. The van der Waals surface area contributed by atoms with Crippen LogP contribution in [-0.4, -0.2) is 24.4 Å². The Morgan fingerprint density at radius 3 is 2.23 bits per heavy atom. The number of alkyl carbamates (subject to hydrolysis) is 1. The maximum absolute atomic E-state index is 12.3. The minimum absolute atomic E-state index is 0.291. The van der Waals surface area contributed by atoms with E-state index in [1.165, 1.54) is 50.5 Å². The van der Waals surface area contributed by atoms with E-state index in [0.717, 1.165) is 44.9 Å². The van der Waals surface area contributed by atoms with Crippen LogP contribution in [0.4, 0.5) is 4.79 Å². The number of amides is 1. The Bertz CT molecular complexity index is 519. The lowest BCUT2D eigenvalue weighted by Crippen LogP contribution is -2.51. The molecule has 1 saturated carbocycles. The molecule has 0 aromatic rings. The predicted molar refractivity (Wildman–Crippen MR) is 122 cm³/mol. The maximum Gasteiger partial charge on any atom is 0.410 e. The fourth-order valence-electron chi connectivity index (χ4n) is 4.74. The lowest BCUT2D eigenvalue weighted by Gasteiger charge is -2.41. The Hall–Kier alpha value is -1.52. The summed E-state index contributed by atoms with van der Waals surface area (Å²) in [4.78, 5) is 24.1. The van der Waals surface area contributed by atoms with Crippen molar-refractivity contribution < 1.29 is 19.1 Å². The molecule has 2 atom stereocenters. The third kappa shape index (κ3) is 11.6.